The standard InChI is InChI=1S/C16H25N3/c1-5-18(6-2)11-12-19-15-10-8-7-9-14(15)17-16(19)13(3)4/h7-10,13H,5-6,11-12H2,1-4H3. The first-order valence-corrected chi connectivity index (χ1v) is 7.34. The van der Waals surface area contributed by atoms with Crippen LogP contribution in [0.3, 0.4) is 0 Å². The molecule has 0 N–H and O–H groups in total. The van der Waals surface area contributed by atoms with E-state index >= 15 is 0 Å². The second-order valence-corrected chi connectivity index (χ2v) is 5.29. The van der Waals surface area contributed by atoms with Crippen molar-refractivity contribution in [1.29, 1.82) is 0 Å². The number of rotatable bonds is 6. The van der Waals surface area contributed by atoms with Crippen molar-refractivity contribution in [3.8, 4) is 0 Å². The Balaban J connectivity index is 2.31. The Morgan fingerprint density at radius 3 is 2.47 bits per heavy atom. The average molecular weight is 259 g/mol. The van der Waals surface area contributed by atoms with Gasteiger partial charge in [-0.15, -0.1) is 0 Å². The summed E-state index contributed by atoms with van der Waals surface area (Å²) in [7, 11) is 0. The molecule has 0 atom stereocenters. The smallest absolute Gasteiger partial charge is 0.112 e. The summed E-state index contributed by atoms with van der Waals surface area (Å²) in [6.07, 6.45) is 0. The lowest BCUT2D eigenvalue weighted by atomic mass is 10.2. The molecule has 1 aromatic carbocycles. The highest BCUT2D eigenvalue weighted by molar-refractivity contribution is 5.76. The second kappa shape index (κ2) is 6.20. The molecule has 0 aliphatic carbocycles. The SMILES string of the molecule is CCN(CC)CCn1c(C(C)C)nc2ccccc21. The van der Waals surface area contributed by atoms with E-state index in [1.807, 2.05) is 0 Å². The Morgan fingerprint density at radius 1 is 1.16 bits per heavy atom. The summed E-state index contributed by atoms with van der Waals surface area (Å²) < 4.78 is 2.39. The van der Waals surface area contributed by atoms with Crippen LogP contribution in [0.25, 0.3) is 11.0 Å². The van der Waals surface area contributed by atoms with E-state index in [2.05, 4.69) is 61.4 Å². The van der Waals surface area contributed by atoms with E-state index in [9.17, 15) is 0 Å². The monoisotopic (exact) mass is 259 g/mol. The maximum Gasteiger partial charge on any atom is 0.112 e. The number of imidazole rings is 1. The van der Waals surface area contributed by atoms with Crippen molar-refractivity contribution in [2.45, 2.75) is 40.2 Å². The van der Waals surface area contributed by atoms with E-state index in [0.29, 0.717) is 5.92 Å². The van der Waals surface area contributed by atoms with Gasteiger partial charge in [-0.1, -0.05) is 39.8 Å². The topological polar surface area (TPSA) is 21.1 Å². The first-order chi connectivity index (χ1) is 9.17. The van der Waals surface area contributed by atoms with Gasteiger partial charge in [0.05, 0.1) is 11.0 Å². The van der Waals surface area contributed by atoms with E-state index in [4.69, 9.17) is 4.98 Å². The lowest BCUT2D eigenvalue weighted by Crippen LogP contribution is -2.27. The molecule has 3 nitrogen and oxygen atoms in total. The van der Waals surface area contributed by atoms with Gasteiger partial charge in [0.1, 0.15) is 5.82 Å². The number of para-hydroxylation sites is 2. The highest BCUT2D eigenvalue weighted by Crippen LogP contribution is 2.21. The summed E-state index contributed by atoms with van der Waals surface area (Å²) in [5.41, 5.74) is 2.38. The Morgan fingerprint density at radius 2 is 1.84 bits per heavy atom. The van der Waals surface area contributed by atoms with Crippen LogP contribution in [-0.2, 0) is 6.54 Å². The molecule has 104 valence electrons. The van der Waals surface area contributed by atoms with E-state index in [0.717, 1.165) is 31.7 Å². The minimum atomic E-state index is 0.462. The quantitative estimate of drug-likeness (QED) is 0.791. The van der Waals surface area contributed by atoms with Crippen molar-refractivity contribution in [2.24, 2.45) is 0 Å². The first kappa shape index (κ1) is 14.1. The lowest BCUT2D eigenvalue weighted by molar-refractivity contribution is 0.290. The Bertz CT molecular complexity index is 524. The number of aromatic nitrogens is 2. The maximum atomic E-state index is 4.79. The minimum Gasteiger partial charge on any atom is -0.326 e. The summed E-state index contributed by atoms with van der Waals surface area (Å²) in [6, 6.07) is 8.45. The van der Waals surface area contributed by atoms with E-state index in [1.165, 1.54) is 11.3 Å². The number of nitrogens with zero attached hydrogens (tertiary/aromatic N) is 3. The number of fused-ring (bicyclic) bond motifs is 1. The van der Waals surface area contributed by atoms with Crippen molar-refractivity contribution in [2.75, 3.05) is 19.6 Å². The normalized spacial score (nSPS) is 11.9. The van der Waals surface area contributed by atoms with Gasteiger partial charge in [0, 0.05) is 19.0 Å². The minimum absolute atomic E-state index is 0.462. The largest absolute Gasteiger partial charge is 0.326 e. The van der Waals surface area contributed by atoms with Crippen LogP contribution in [0.5, 0.6) is 0 Å². The summed E-state index contributed by atoms with van der Waals surface area (Å²) in [4.78, 5) is 7.24. The van der Waals surface area contributed by atoms with Crippen molar-refractivity contribution in [3.05, 3.63) is 30.1 Å². The van der Waals surface area contributed by atoms with Gasteiger partial charge in [-0.05, 0) is 25.2 Å². The van der Waals surface area contributed by atoms with Crippen LogP contribution in [-0.4, -0.2) is 34.1 Å². The third-order valence-electron chi connectivity index (χ3n) is 3.73. The predicted octanol–water partition coefficient (Wildman–Crippen LogP) is 3.50. The highest BCUT2D eigenvalue weighted by atomic mass is 15.2. The third kappa shape index (κ3) is 2.98. The molecule has 3 heteroatoms. The molecule has 0 saturated carbocycles. The van der Waals surface area contributed by atoms with Gasteiger partial charge in [0.2, 0.25) is 0 Å². The molecule has 0 amide bonds. The molecule has 0 unspecified atom stereocenters. The van der Waals surface area contributed by atoms with Crippen LogP contribution in [0.2, 0.25) is 0 Å². The summed E-state index contributed by atoms with van der Waals surface area (Å²) in [5, 5.41) is 0. The van der Waals surface area contributed by atoms with E-state index < -0.39 is 0 Å². The van der Waals surface area contributed by atoms with Gasteiger partial charge in [0.25, 0.3) is 0 Å². The van der Waals surface area contributed by atoms with Crippen LogP contribution in [0, 0.1) is 0 Å². The molecule has 0 fully saturated rings. The zero-order valence-electron chi connectivity index (χ0n) is 12.6. The van der Waals surface area contributed by atoms with Crippen molar-refractivity contribution < 1.29 is 0 Å². The van der Waals surface area contributed by atoms with E-state index in [-0.39, 0.29) is 0 Å². The molecule has 1 aromatic heterocycles. The molecule has 0 radical (unpaired) electrons. The molecule has 0 spiro atoms. The van der Waals surface area contributed by atoms with Crippen molar-refractivity contribution in [1.82, 2.24) is 14.5 Å². The molecule has 0 bridgehead atoms. The van der Waals surface area contributed by atoms with Gasteiger partial charge in [-0.2, -0.15) is 0 Å². The molecule has 19 heavy (non-hydrogen) atoms. The molecule has 0 saturated heterocycles. The van der Waals surface area contributed by atoms with Crippen LogP contribution >= 0.6 is 0 Å². The number of hydrogen-bond donors (Lipinski definition) is 0. The fraction of sp³-hybridized carbons (Fsp3) is 0.562. The maximum absolute atomic E-state index is 4.79. The highest BCUT2D eigenvalue weighted by Gasteiger charge is 2.13. The van der Waals surface area contributed by atoms with Crippen molar-refractivity contribution in [3.63, 3.8) is 0 Å². The van der Waals surface area contributed by atoms with Crippen LogP contribution in [0.4, 0.5) is 0 Å². The Kier molecular flexibility index (Phi) is 4.59. The molecular formula is C16H25N3. The van der Waals surface area contributed by atoms with Gasteiger partial charge in [0.15, 0.2) is 0 Å². The molecule has 2 rings (SSSR count). The predicted molar refractivity (Wildman–Crippen MR) is 81.6 cm³/mol. The zero-order chi connectivity index (χ0) is 13.8. The van der Waals surface area contributed by atoms with Gasteiger partial charge < -0.3 is 9.47 Å². The lowest BCUT2D eigenvalue weighted by Gasteiger charge is -2.20. The number of benzene rings is 1. The van der Waals surface area contributed by atoms with Crippen LogP contribution < -0.4 is 0 Å². The average Bonchev–Trinajstić information content (AvgIpc) is 2.79. The Labute approximate surface area is 116 Å². The Hall–Kier alpha value is -1.35. The first-order valence-electron chi connectivity index (χ1n) is 7.34. The molecule has 0 aliphatic rings. The summed E-state index contributed by atoms with van der Waals surface area (Å²) >= 11 is 0. The van der Waals surface area contributed by atoms with Crippen LogP contribution in [0.15, 0.2) is 24.3 Å². The zero-order valence-corrected chi connectivity index (χ0v) is 12.6. The third-order valence-corrected chi connectivity index (χ3v) is 3.73. The fourth-order valence-corrected chi connectivity index (χ4v) is 2.55. The van der Waals surface area contributed by atoms with Crippen LogP contribution in [0.1, 0.15) is 39.4 Å². The van der Waals surface area contributed by atoms with Gasteiger partial charge in [-0.3, -0.25) is 0 Å². The number of hydrogen-bond acceptors (Lipinski definition) is 2. The summed E-state index contributed by atoms with van der Waals surface area (Å²) in [5.74, 6) is 1.66. The van der Waals surface area contributed by atoms with Gasteiger partial charge >= 0.3 is 0 Å². The molecule has 0 aliphatic heterocycles. The van der Waals surface area contributed by atoms with Crippen molar-refractivity contribution >= 4 is 11.0 Å². The second-order valence-electron chi connectivity index (χ2n) is 5.29. The molecule has 2 aromatic rings. The fourth-order valence-electron chi connectivity index (χ4n) is 2.55. The summed E-state index contributed by atoms with van der Waals surface area (Å²) in [6.45, 7) is 13.2. The molecular weight excluding hydrogens is 234 g/mol. The molecule has 1 heterocycles. The number of likely N-dealkylation sites (N-methyl/N-ethyl adjacent to an activating group) is 1. The van der Waals surface area contributed by atoms with E-state index in [1.54, 1.807) is 0 Å². The van der Waals surface area contributed by atoms with Gasteiger partial charge in [-0.25, -0.2) is 4.98 Å².